The highest BCUT2D eigenvalue weighted by Gasteiger charge is 2.43. The van der Waals surface area contributed by atoms with Crippen molar-refractivity contribution in [1.29, 1.82) is 0 Å². The van der Waals surface area contributed by atoms with Gasteiger partial charge in [-0.1, -0.05) is 29.8 Å². The van der Waals surface area contributed by atoms with Crippen molar-refractivity contribution in [2.45, 2.75) is 56.4 Å². The number of rotatable bonds is 6. The second-order valence-electron chi connectivity index (χ2n) is 9.89. The molecule has 0 aliphatic carbocycles. The highest BCUT2D eigenvalue weighted by molar-refractivity contribution is 7.17. The molecule has 3 aliphatic rings. The van der Waals surface area contributed by atoms with Gasteiger partial charge >= 0.3 is 0 Å². The number of carbonyl (C=O) groups is 1. The summed E-state index contributed by atoms with van der Waals surface area (Å²) >= 11 is 8.27. The molecule has 5 heterocycles. The van der Waals surface area contributed by atoms with Crippen molar-refractivity contribution in [3.05, 3.63) is 34.7 Å². The summed E-state index contributed by atoms with van der Waals surface area (Å²) in [5.74, 6) is 1.29. The molecule has 8 nitrogen and oxygen atoms in total. The first-order valence-corrected chi connectivity index (χ1v) is 13.8. The third kappa shape index (κ3) is 4.32. The average molecular weight is 528 g/mol. The van der Waals surface area contributed by atoms with Crippen molar-refractivity contribution >= 4 is 50.8 Å². The molecule has 3 saturated heterocycles. The van der Waals surface area contributed by atoms with E-state index < -0.39 is 0 Å². The van der Waals surface area contributed by atoms with Gasteiger partial charge in [0, 0.05) is 53.8 Å². The van der Waals surface area contributed by atoms with Gasteiger partial charge in [-0.05, 0) is 31.7 Å². The molecule has 3 fully saturated rings. The van der Waals surface area contributed by atoms with Gasteiger partial charge in [-0.15, -0.1) is 11.3 Å². The van der Waals surface area contributed by atoms with Crippen molar-refractivity contribution in [3.63, 3.8) is 0 Å². The van der Waals surface area contributed by atoms with Gasteiger partial charge in [0.1, 0.15) is 10.6 Å². The lowest BCUT2D eigenvalue weighted by atomic mass is 9.98. The van der Waals surface area contributed by atoms with Crippen LogP contribution in [-0.2, 0) is 14.3 Å². The highest BCUT2D eigenvalue weighted by Crippen LogP contribution is 2.47. The first kappa shape index (κ1) is 23.9. The van der Waals surface area contributed by atoms with E-state index in [2.05, 4.69) is 21.2 Å². The molecule has 1 amide bonds. The molecular formula is C26H30ClN5O3S. The van der Waals surface area contributed by atoms with Crippen molar-refractivity contribution in [3.8, 4) is 11.1 Å². The number of nitrogens with zero attached hydrogens (tertiary/aromatic N) is 4. The maximum Gasteiger partial charge on any atom is 0.228 e. The van der Waals surface area contributed by atoms with Crippen LogP contribution >= 0.6 is 22.9 Å². The summed E-state index contributed by atoms with van der Waals surface area (Å²) in [6.07, 6.45) is 4.49. The molecule has 2 bridgehead atoms. The van der Waals surface area contributed by atoms with E-state index >= 15 is 0 Å². The summed E-state index contributed by atoms with van der Waals surface area (Å²) < 4.78 is 11.5. The number of ether oxygens (including phenoxy) is 2. The summed E-state index contributed by atoms with van der Waals surface area (Å²) in [5, 5.41) is 3.93. The molecule has 0 radical (unpaired) electrons. The Bertz CT molecular complexity index is 1270. The molecule has 36 heavy (non-hydrogen) atoms. The van der Waals surface area contributed by atoms with E-state index in [0.717, 1.165) is 57.9 Å². The molecule has 0 saturated carbocycles. The van der Waals surface area contributed by atoms with Crippen LogP contribution in [0.4, 0.5) is 11.8 Å². The molecule has 10 heteroatoms. The predicted molar refractivity (Wildman–Crippen MR) is 143 cm³/mol. The number of carbonyl (C=O) groups excluding carboxylic acids is 1. The predicted octanol–water partition coefficient (Wildman–Crippen LogP) is 4.24. The Balaban J connectivity index is 1.47. The third-order valence-corrected chi connectivity index (χ3v) is 8.89. The molecule has 2 N–H and O–H groups in total. The van der Waals surface area contributed by atoms with Crippen LogP contribution in [0.2, 0.25) is 5.02 Å². The maximum atomic E-state index is 11.5. The quantitative estimate of drug-likeness (QED) is 0.512. The summed E-state index contributed by atoms with van der Waals surface area (Å²) in [7, 11) is 1.82. The van der Waals surface area contributed by atoms with Crippen LogP contribution in [0.1, 0.15) is 32.1 Å². The van der Waals surface area contributed by atoms with E-state index in [1.54, 1.807) is 11.3 Å². The molecule has 2 aromatic heterocycles. The fraction of sp³-hybridized carbons (Fsp3) is 0.500. The van der Waals surface area contributed by atoms with Gasteiger partial charge in [0.15, 0.2) is 0 Å². The maximum absolute atomic E-state index is 11.5. The number of morpholine rings is 1. The summed E-state index contributed by atoms with van der Waals surface area (Å²) in [4.78, 5) is 27.3. The minimum Gasteiger partial charge on any atom is -0.381 e. The molecule has 0 spiro atoms. The Morgan fingerprint density at radius 1 is 1.22 bits per heavy atom. The smallest absolute Gasteiger partial charge is 0.228 e. The van der Waals surface area contributed by atoms with Crippen molar-refractivity contribution in [1.82, 2.24) is 9.97 Å². The third-order valence-electron chi connectivity index (χ3n) is 7.68. The molecule has 1 aromatic carbocycles. The topological polar surface area (TPSA) is 93.8 Å². The number of benzene rings is 1. The second-order valence-corrected chi connectivity index (χ2v) is 11.2. The van der Waals surface area contributed by atoms with E-state index in [9.17, 15) is 4.79 Å². The second kappa shape index (κ2) is 9.78. The van der Waals surface area contributed by atoms with Crippen LogP contribution in [0, 0.1) is 0 Å². The average Bonchev–Trinajstić information content (AvgIpc) is 3.41. The van der Waals surface area contributed by atoms with E-state index in [1.165, 1.54) is 0 Å². The number of amides is 1. The number of fused-ring (bicyclic) bond motifs is 3. The van der Waals surface area contributed by atoms with Crippen LogP contribution in [0.25, 0.3) is 21.3 Å². The van der Waals surface area contributed by atoms with Gasteiger partial charge in [0.2, 0.25) is 11.9 Å². The molecule has 3 aliphatic heterocycles. The number of piperidine rings is 1. The first-order chi connectivity index (χ1) is 17.5. The fourth-order valence-corrected chi connectivity index (χ4v) is 7.20. The van der Waals surface area contributed by atoms with Gasteiger partial charge in [-0.25, -0.2) is 4.98 Å². The molecule has 190 valence electrons. The van der Waals surface area contributed by atoms with Crippen LogP contribution in [-0.4, -0.2) is 67.0 Å². The van der Waals surface area contributed by atoms with Crippen LogP contribution in [0.5, 0.6) is 0 Å². The fourth-order valence-electron chi connectivity index (χ4n) is 6.03. The largest absolute Gasteiger partial charge is 0.381 e. The summed E-state index contributed by atoms with van der Waals surface area (Å²) in [6, 6.07) is 8.71. The van der Waals surface area contributed by atoms with Gasteiger partial charge in [-0.2, -0.15) is 4.98 Å². The number of hydrogen-bond acceptors (Lipinski definition) is 8. The zero-order chi connectivity index (χ0) is 24.8. The van der Waals surface area contributed by atoms with Crippen LogP contribution in [0.3, 0.4) is 0 Å². The zero-order valence-corrected chi connectivity index (χ0v) is 21.8. The Morgan fingerprint density at radius 3 is 2.72 bits per heavy atom. The molecule has 3 unspecified atom stereocenters. The SMILES string of the molecule is COC1CC2CCC(C1)N2c1nc(N2CCOC(CC(N)=O)C2)nc2scc(-c3ccccc3Cl)c12. The number of nitrogens with two attached hydrogens (primary N) is 1. The van der Waals surface area contributed by atoms with Crippen LogP contribution < -0.4 is 15.5 Å². The lowest BCUT2D eigenvalue weighted by Crippen LogP contribution is -2.47. The van der Waals surface area contributed by atoms with E-state index in [0.29, 0.717) is 37.7 Å². The monoisotopic (exact) mass is 527 g/mol. The summed E-state index contributed by atoms with van der Waals surface area (Å²) in [5.41, 5.74) is 7.51. The number of halogens is 1. The number of aromatic nitrogens is 2. The molecule has 3 aromatic rings. The Labute approximate surface area is 219 Å². The van der Waals surface area contributed by atoms with E-state index in [4.69, 9.17) is 36.8 Å². The molecule has 3 atom stereocenters. The number of thiophene rings is 1. The first-order valence-electron chi connectivity index (χ1n) is 12.5. The van der Waals surface area contributed by atoms with Gasteiger partial charge in [0.05, 0.1) is 30.6 Å². The molecular weight excluding hydrogens is 498 g/mol. The number of methoxy groups -OCH3 is 1. The lowest BCUT2D eigenvalue weighted by Gasteiger charge is -2.40. The zero-order valence-electron chi connectivity index (χ0n) is 20.2. The van der Waals surface area contributed by atoms with Gasteiger partial charge in [0.25, 0.3) is 0 Å². The number of hydrogen-bond donors (Lipinski definition) is 1. The minimum atomic E-state index is -0.362. The lowest BCUT2D eigenvalue weighted by molar-refractivity contribution is -0.121. The number of primary amides is 1. The molecule has 6 rings (SSSR count). The van der Waals surface area contributed by atoms with Crippen LogP contribution in [0.15, 0.2) is 29.6 Å². The van der Waals surface area contributed by atoms with Crippen molar-refractivity contribution < 1.29 is 14.3 Å². The standard InChI is InChI=1S/C26H30ClN5O3S/c1-34-17-10-15-6-7-16(11-17)32(15)24-23-20(19-4-2-3-5-21(19)27)14-36-25(23)30-26(29-24)31-8-9-35-18(13-31)12-22(28)33/h2-5,14-18H,6-13H2,1H3,(H2,28,33). The Hall–Kier alpha value is -2.46. The summed E-state index contributed by atoms with van der Waals surface area (Å²) in [6.45, 7) is 1.71. The highest BCUT2D eigenvalue weighted by atomic mass is 35.5. The van der Waals surface area contributed by atoms with E-state index in [1.807, 2.05) is 25.3 Å². The Kier molecular flexibility index (Phi) is 6.49. The van der Waals surface area contributed by atoms with Crippen molar-refractivity contribution in [2.24, 2.45) is 5.73 Å². The number of anilines is 2. The van der Waals surface area contributed by atoms with E-state index in [-0.39, 0.29) is 24.5 Å². The normalized spacial score (nSPS) is 26.1. The Morgan fingerprint density at radius 2 is 2.00 bits per heavy atom. The van der Waals surface area contributed by atoms with Crippen molar-refractivity contribution in [2.75, 3.05) is 36.6 Å². The van der Waals surface area contributed by atoms with Gasteiger partial charge in [-0.3, -0.25) is 4.79 Å². The minimum absolute atomic E-state index is 0.190. The van der Waals surface area contributed by atoms with Gasteiger partial charge < -0.3 is 25.0 Å².